The van der Waals surface area contributed by atoms with Gasteiger partial charge in [0.2, 0.25) is 17.7 Å². The summed E-state index contributed by atoms with van der Waals surface area (Å²) in [5.74, 6) is -1.26. The van der Waals surface area contributed by atoms with Crippen LogP contribution in [0.25, 0.3) is 0 Å². The number of carbonyl (C=O) groups excluding carboxylic acids is 3. The van der Waals surface area contributed by atoms with Crippen molar-refractivity contribution >= 4 is 17.7 Å². The van der Waals surface area contributed by atoms with Crippen LogP contribution in [0.4, 0.5) is 4.39 Å². The lowest BCUT2D eigenvalue weighted by atomic mass is 10.1. The predicted molar refractivity (Wildman–Crippen MR) is 151 cm³/mol. The Balaban J connectivity index is 0.000000487. The third kappa shape index (κ3) is 13.7. The molecule has 0 radical (unpaired) electrons. The fraction of sp³-hybridized carbons (Fsp3) is 0.517. The number of likely N-dealkylation sites (N-methyl/N-ethyl adjacent to an activating group) is 2. The van der Waals surface area contributed by atoms with Crippen molar-refractivity contribution in [1.82, 2.24) is 20.5 Å². The number of hydrogen-bond donors (Lipinski definition) is 3. The van der Waals surface area contributed by atoms with Gasteiger partial charge in [0, 0.05) is 45.5 Å². The van der Waals surface area contributed by atoms with Gasteiger partial charge in [0.05, 0.1) is 13.0 Å². The van der Waals surface area contributed by atoms with E-state index in [2.05, 4.69) is 35.5 Å². The standard InChI is InChI=1S/C18H26FN3O4.C11H18N2/c1-12-8-13(19)10-14(9-12)26-7-5-4-6-17(24)22(3)15(11-16(20)23)18(25)21-2;1-3-5-12-8-11-6-10(4-2)7-13-9-11/h8-10,15H,4-7,11H2,1-3H3,(H2,20,23)(H,21,25);6-7,9,12H,3-5,8H2,1-2H3. The first-order valence-electron chi connectivity index (χ1n) is 13.4. The number of nitrogens with one attached hydrogen (secondary N) is 2. The Morgan fingerprint density at radius 1 is 1.10 bits per heavy atom. The maximum absolute atomic E-state index is 13.3. The first kappa shape index (κ1) is 33.5. The largest absolute Gasteiger partial charge is 0.493 e. The van der Waals surface area contributed by atoms with E-state index in [1.807, 2.05) is 12.4 Å². The zero-order valence-corrected chi connectivity index (χ0v) is 23.9. The van der Waals surface area contributed by atoms with Crippen molar-refractivity contribution in [2.75, 3.05) is 27.2 Å². The van der Waals surface area contributed by atoms with Crippen molar-refractivity contribution in [3.05, 3.63) is 59.2 Å². The van der Waals surface area contributed by atoms with E-state index >= 15 is 0 Å². The van der Waals surface area contributed by atoms with Gasteiger partial charge in [-0.1, -0.05) is 19.9 Å². The molecule has 1 aromatic carbocycles. The highest BCUT2D eigenvalue weighted by Gasteiger charge is 2.27. The van der Waals surface area contributed by atoms with Crippen LogP contribution in [0, 0.1) is 12.7 Å². The molecule has 2 aromatic rings. The molecule has 1 heterocycles. The van der Waals surface area contributed by atoms with Crippen molar-refractivity contribution in [2.45, 2.75) is 71.9 Å². The zero-order valence-electron chi connectivity index (χ0n) is 23.9. The molecule has 0 spiro atoms. The predicted octanol–water partition coefficient (Wildman–Crippen LogP) is 3.28. The zero-order chi connectivity index (χ0) is 29.2. The van der Waals surface area contributed by atoms with Crippen LogP contribution in [-0.2, 0) is 27.3 Å². The van der Waals surface area contributed by atoms with Crippen molar-refractivity contribution in [1.29, 1.82) is 0 Å². The summed E-state index contributed by atoms with van der Waals surface area (Å²) in [7, 11) is 2.90. The minimum Gasteiger partial charge on any atom is -0.493 e. The Morgan fingerprint density at radius 2 is 1.82 bits per heavy atom. The molecule has 4 N–H and O–H groups in total. The molecule has 0 saturated carbocycles. The Hall–Kier alpha value is -3.53. The first-order chi connectivity index (χ1) is 18.6. The fourth-order valence-corrected chi connectivity index (χ4v) is 3.71. The molecule has 9 nitrogen and oxygen atoms in total. The summed E-state index contributed by atoms with van der Waals surface area (Å²) in [5, 5.41) is 5.78. The van der Waals surface area contributed by atoms with E-state index in [0.717, 1.165) is 25.1 Å². The van der Waals surface area contributed by atoms with Crippen LogP contribution < -0.4 is 21.1 Å². The van der Waals surface area contributed by atoms with E-state index in [0.29, 0.717) is 25.2 Å². The summed E-state index contributed by atoms with van der Waals surface area (Å²) in [6.07, 6.45) is 7.21. The van der Waals surface area contributed by atoms with E-state index in [1.54, 1.807) is 13.0 Å². The maximum Gasteiger partial charge on any atom is 0.243 e. The van der Waals surface area contributed by atoms with Gasteiger partial charge in [0.25, 0.3) is 0 Å². The number of unbranched alkanes of at least 4 members (excludes halogenated alkanes) is 1. The molecule has 1 unspecified atom stereocenters. The van der Waals surface area contributed by atoms with Crippen LogP contribution in [0.1, 0.15) is 62.6 Å². The van der Waals surface area contributed by atoms with Gasteiger partial charge in [-0.2, -0.15) is 0 Å². The molecule has 1 aromatic heterocycles. The molecule has 0 aliphatic heterocycles. The first-order valence-corrected chi connectivity index (χ1v) is 13.4. The quantitative estimate of drug-likeness (QED) is 0.295. The number of aromatic nitrogens is 1. The number of primary amides is 1. The number of benzene rings is 1. The number of halogens is 1. The number of nitrogens with zero attached hydrogens (tertiary/aromatic N) is 2. The van der Waals surface area contributed by atoms with E-state index in [-0.39, 0.29) is 24.6 Å². The fourth-order valence-electron chi connectivity index (χ4n) is 3.71. The number of aryl methyl sites for hydroxylation is 2. The van der Waals surface area contributed by atoms with Crippen LogP contribution in [0.2, 0.25) is 0 Å². The summed E-state index contributed by atoms with van der Waals surface area (Å²) in [5.41, 5.74) is 8.51. The van der Waals surface area contributed by atoms with Gasteiger partial charge in [-0.05, 0) is 68.0 Å². The van der Waals surface area contributed by atoms with Gasteiger partial charge in [0.1, 0.15) is 17.6 Å². The van der Waals surface area contributed by atoms with Crippen LogP contribution in [0.5, 0.6) is 5.75 Å². The molecule has 2 rings (SSSR count). The maximum atomic E-state index is 13.3. The Kier molecular flexibility index (Phi) is 16.0. The van der Waals surface area contributed by atoms with E-state index in [1.165, 1.54) is 48.7 Å². The average molecular weight is 546 g/mol. The van der Waals surface area contributed by atoms with E-state index < -0.39 is 17.9 Å². The van der Waals surface area contributed by atoms with Crippen molar-refractivity contribution in [3.63, 3.8) is 0 Å². The van der Waals surface area contributed by atoms with Crippen LogP contribution in [0.3, 0.4) is 0 Å². The molecule has 39 heavy (non-hydrogen) atoms. The second-order valence-electron chi connectivity index (χ2n) is 9.31. The summed E-state index contributed by atoms with van der Waals surface area (Å²) in [6, 6.07) is 5.76. The van der Waals surface area contributed by atoms with Gasteiger partial charge in [-0.25, -0.2) is 4.39 Å². The normalized spacial score (nSPS) is 11.1. The van der Waals surface area contributed by atoms with Crippen molar-refractivity contribution in [2.24, 2.45) is 5.73 Å². The number of rotatable bonds is 15. The number of hydrogen-bond acceptors (Lipinski definition) is 6. The highest BCUT2D eigenvalue weighted by Crippen LogP contribution is 2.16. The second-order valence-corrected chi connectivity index (χ2v) is 9.31. The van der Waals surface area contributed by atoms with Crippen LogP contribution >= 0.6 is 0 Å². The van der Waals surface area contributed by atoms with Gasteiger partial charge < -0.3 is 26.0 Å². The smallest absolute Gasteiger partial charge is 0.243 e. The third-order valence-electron chi connectivity index (χ3n) is 5.89. The van der Waals surface area contributed by atoms with Crippen LogP contribution in [-0.4, -0.2) is 60.9 Å². The molecule has 0 fully saturated rings. The summed E-state index contributed by atoms with van der Waals surface area (Å²) >= 11 is 0. The van der Waals surface area contributed by atoms with Gasteiger partial charge >= 0.3 is 0 Å². The summed E-state index contributed by atoms with van der Waals surface area (Å²) < 4.78 is 18.7. The van der Waals surface area contributed by atoms with Gasteiger partial charge in [-0.3, -0.25) is 19.4 Å². The van der Waals surface area contributed by atoms with Gasteiger partial charge in [0.15, 0.2) is 0 Å². The molecular formula is C29H44FN5O4. The molecular weight excluding hydrogens is 501 g/mol. The van der Waals surface area contributed by atoms with Gasteiger partial charge in [-0.15, -0.1) is 0 Å². The van der Waals surface area contributed by atoms with Crippen molar-refractivity contribution < 1.29 is 23.5 Å². The number of nitrogens with two attached hydrogens (primary N) is 1. The molecule has 0 bridgehead atoms. The average Bonchev–Trinajstić information content (AvgIpc) is 2.90. The molecule has 1 atom stereocenters. The molecule has 3 amide bonds. The number of amides is 3. The third-order valence-corrected chi connectivity index (χ3v) is 5.89. The Morgan fingerprint density at radius 3 is 2.44 bits per heavy atom. The Labute approximate surface area is 231 Å². The lowest BCUT2D eigenvalue weighted by Crippen LogP contribution is -2.48. The molecule has 216 valence electrons. The number of ether oxygens (including phenoxy) is 1. The molecule has 0 aliphatic carbocycles. The summed E-state index contributed by atoms with van der Waals surface area (Å²) in [4.78, 5) is 40.6. The van der Waals surface area contributed by atoms with Crippen LogP contribution in [0.15, 0.2) is 36.7 Å². The Bertz CT molecular complexity index is 1030. The highest BCUT2D eigenvalue weighted by molar-refractivity contribution is 5.91. The lowest BCUT2D eigenvalue weighted by molar-refractivity contribution is -0.140. The van der Waals surface area contributed by atoms with E-state index in [4.69, 9.17) is 10.5 Å². The topological polar surface area (TPSA) is 127 Å². The monoisotopic (exact) mass is 545 g/mol. The van der Waals surface area contributed by atoms with E-state index in [9.17, 15) is 18.8 Å². The SMILES string of the molecule is CCCNCc1cncc(CC)c1.CNC(=O)C(CC(N)=O)N(C)C(=O)CCCCOc1cc(C)cc(F)c1. The summed E-state index contributed by atoms with van der Waals surface area (Å²) in [6.45, 7) is 8.47. The minimum absolute atomic E-state index is 0.203. The highest BCUT2D eigenvalue weighted by atomic mass is 19.1. The second kappa shape index (κ2) is 18.7. The minimum atomic E-state index is -0.920. The molecule has 0 saturated heterocycles. The van der Waals surface area contributed by atoms with Crippen molar-refractivity contribution in [3.8, 4) is 5.75 Å². The molecule has 0 aliphatic rings. The number of pyridine rings is 1. The lowest BCUT2D eigenvalue weighted by Gasteiger charge is -2.26. The molecule has 10 heteroatoms. The number of carbonyl (C=O) groups is 3.